The second-order valence-corrected chi connectivity index (χ2v) is 6.43. The molecule has 0 aliphatic carbocycles. The summed E-state index contributed by atoms with van der Waals surface area (Å²) < 4.78 is 10.5. The number of guanidine groups is 1. The SMILES string of the molecule is CN=C(NCC(=O)NCc1ccco1)N1CCN(c2cccc(OC)c2)CC1. The lowest BCUT2D eigenvalue weighted by atomic mass is 10.2. The first kappa shape index (κ1) is 19.6. The first-order valence-electron chi connectivity index (χ1n) is 9.33. The quantitative estimate of drug-likeness (QED) is 0.576. The molecule has 0 radical (unpaired) electrons. The van der Waals surface area contributed by atoms with E-state index in [0.717, 1.165) is 49.3 Å². The monoisotopic (exact) mass is 385 g/mol. The number of carbonyl (C=O) groups excluding carboxylic acids is 1. The highest BCUT2D eigenvalue weighted by atomic mass is 16.5. The van der Waals surface area contributed by atoms with E-state index in [1.165, 1.54) is 0 Å². The second kappa shape index (κ2) is 9.68. The van der Waals surface area contributed by atoms with Crippen molar-refractivity contribution in [2.24, 2.45) is 4.99 Å². The molecule has 3 rings (SSSR count). The number of nitrogens with one attached hydrogen (secondary N) is 2. The van der Waals surface area contributed by atoms with E-state index in [4.69, 9.17) is 9.15 Å². The molecule has 1 amide bonds. The summed E-state index contributed by atoms with van der Waals surface area (Å²) in [5, 5.41) is 5.95. The van der Waals surface area contributed by atoms with Crippen molar-refractivity contribution in [3.8, 4) is 5.75 Å². The van der Waals surface area contributed by atoms with Crippen LogP contribution in [0, 0.1) is 0 Å². The number of aliphatic imine (C=N–C) groups is 1. The van der Waals surface area contributed by atoms with Gasteiger partial charge in [0.15, 0.2) is 5.96 Å². The van der Waals surface area contributed by atoms with Gasteiger partial charge in [-0.05, 0) is 24.3 Å². The number of hydrogen-bond acceptors (Lipinski definition) is 5. The Morgan fingerprint density at radius 3 is 2.68 bits per heavy atom. The maximum absolute atomic E-state index is 12.0. The zero-order valence-electron chi connectivity index (χ0n) is 16.4. The van der Waals surface area contributed by atoms with Gasteiger partial charge in [0, 0.05) is 45.0 Å². The third kappa shape index (κ3) is 5.18. The van der Waals surface area contributed by atoms with Gasteiger partial charge in [-0.1, -0.05) is 6.07 Å². The van der Waals surface area contributed by atoms with Crippen LogP contribution in [0.3, 0.4) is 0 Å². The number of rotatable bonds is 6. The van der Waals surface area contributed by atoms with Crippen molar-refractivity contribution in [2.45, 2.75) is 6.54 Å². The summed E-state index contributed by atoms with van der Waals surface area (Å²) in [7, 11) is 3.41. The van der Waals surface area contributed by atoms with Crippen LogP contribution in [0.1, 0.15) is 5.76 Å². The van der Waals surface area contributed by atoms with Crippen LogP contribution < -0.4 is 20.3 Å². The highest BCUT2D eigenvalue weighted by Gasteiger charge is 2.20. The molecule has 1 aliphatic rings. The van der Waals surface area contributed by atoms with Crippen molar-refractivity contribution < 1.29 is 13.9 Å². The average molecular weight is 385 g/mol. The molecule has 8 heteroatoms. The summed E-state index contributed by atoms with van der Waals surface area (Å²) in [6.07, 6.45) is 1.59. The third-order valence-electron chi connectivity index (χ3n) is 4.66. The number of anilines is 1. The number of carbonyl (C=O) groups is 1. The minimum Gasteiger partial charge on any atom is -0.497 e. The maximum atomic E-state index is 12.0. The van der Waals surface area contributed by atoms with Crippen molar-refractivity contribution in [1.29, 1.82) is 0 Å². The van der Waals surface area contributed by atoms with Gasteiger partial charge in [-0.2, -0.15) is 0 Å². The molecule has 1 aliphatic heterocycles. The smallest absolute Gasteiger partial charge is 0.239 e. The Labute approximate surface area is 165 Å². The Bertz CT molecular complexity index is 783. The number of furan rings is 1. The number of ether oxygens (including phenoxy) is 1. The lowest BCUT2D eigenvalue weighted by molar-refractivity contribution is -0.120. The fourth-order valence-electron chi connectivity index (χ4n) is 3.14. The molecule has 1 aromatic heterocycles. The second-order valence-electron chi connectivity index (χ2n) is 6.43. The molecule has 0 unspecified atom stereocenters. The van der Waals surface area contributed by atoms with E-state index in [1.807, 2.05) is 24.3 Å². The summed E-state index contributed by atoms with van der Waals surface area (Å²) in [4.78, 5) is 20.8. The van der Waals surface area contributed by atoms with E-state index in [9.17, 15) is 4.79 Å². The number of piperazine rings is 1. The number of amides is 1. The van der Waals surface area contributed by atoms with Crippen molar-refractivity contribution in [2.75, 3.05) is 51.8 Å². The Morgan fingerprint density at radius 2 is 2.00 bits per heavy atom. The molecule has 2 aromatic rings. The molecule has 0 spiro atoms. The molecule has 0 bridgehead atoms. The molecule has 28 heavy (non-hydrogen) atoms. The van der Waals surface area contributed by atoms with Crippen molar-refractivity contribution in [3.63, 3.8) is 0 Å². The normalized spacial score (nSPS) is 14.7. The number of methoxy groups -OCH3 is 1. The largest absolute Gasteiger partial charge is 0.497 e. The number of benzene rings is 1. The van der Waals surface area contributed by atoms with Gasteiger partial charge in [-0.3, -0.25) is 9.79 Å². The molecule has 1 fully saturated rings. The van der Waals surface area contributed by atoms with Crippen LogP contribution in [0.15, 0.2) is 52.1 Å². The Kier molecular flexibility index (Phi) is 6.78. The minimum atomic E-state index is -0.104. The molecule has 0 atom stereocenters. The van der Waals surface area contributed by atoms with E-state index >= 15 is 0 Å². The zero-order valence-corrected chi connectivity index (χ0v) is 16.4. The Morgan fingerprint density at radius 1 is 1.18 bits per heavy atom. The average Bonchev–Trinajstić information content (AvgIpc) is 3.27. The van der Waals surface area contributed by atoms with Gasteiger partial charge in [0.25, 0.3) is 0 Å². The lowest BCUT2D eigenvalue weighted by Crippen LogP contribution is -2.53. The van der Waals surface area contributed by atoms with Crippen LogP contribution in [-0.2, 0) is 11.3 Å². The van der Waals surface area contributed by atoms with E-state index in [0.29, 0.717) is 6.54 Å². The highest BCUT2D eigenvalue weighted by Crippen LogP contribution is 2.22. The fraction of sp³-hybridized carbons (Fsp3) is 0.400. The highest BCUT2D eigenvalue weighted by molar-refractivity contribution is 5.86. The maximum Gasteiger partial charge on any atom is 0.239 e. The van der Waals surface area contributed by atoms with Gasteiger partial charge < -0.3 is 29.6 Å². The van der Waals surface area contributed by atoms with Gasteiger partial charge in [0.2, 0.25) is 5.91 Å². The molecular formula is C20H27N5O3. The van der Waals surface area contributed by atoms with Crippen LogP contribution in [0.4, 0.5) is 5.69 Å². The number of hydrogen-bond donors (Lipinski definition) is 2. The Hall–Kier alpha value is -3.16. The standard InChI is InChI=1S/C20H27N5O3/c1-21-20(23-15-19(26)22-14-18-7-4-12-28-18)25-10-8-24(9-11-25)16-5-3-6-17(13-16)27-2/h3-7,12-13H,8-11,14-15H2,1-2H3,(H,21,23)(H,22,26). The van der Waals surface area contributed by atoms with Crippen LogP contribution in [0.5, 0.6) is 5.75 Å². The van der Waals surface area contributed by atoms with Gasteiger partial charge in [0.05, 0.1) is 26.5 Å². The summed E-state index contributed by atoms with van der Waals surface area (Å²) >= 11 is 0. The minimum absolute atomic E-state index is 0.104. The van der Waals surface area contributed by atoms with Gasteiger partial charge >= 0.3 is 0 Å². The number of nitrogens with zero attached hydrogens (tertiary/aromatic N) is 3. The van der Waals surface area contributed by atoms with Crippen LogP contribution >= 0.6 is 0 Å². The molecule has 150 valence electrons. The lowest BCUT2D eigenvalue weighted by Gasteiger charge is -2.37. The van der Waals surface area contributed by atoms with Crippen molar-refractivity contribution in [1.82, 2.24) is 15.5 Å². The van der Waals surface area contributed by atoms with Crippen LogP contribution in [0.2, 0.25) is 0 Å². The van der Waals surface area contributed by atoms with Crippen LogP contribution in [-0.4, -0.2) is 63.6 Å². The van der Waals surface area contributed by atoms with E-state index < -0.39 is 0 Å². The fourth-order valence-corrected chi connectivity index (χ4v) is 3.14. The zero-order chi connectivity index (χ0) is 19.8. The van der Waals surface area contributed by atoms with E-state index in [-0.39, 0.29) is 12.5 Å². The molecule has 8 nitrogen and oxygen atoms in total. The summed E-state index contributed by atoms with van der Waals surface area (Å²) in [6.45, 7) is 3.95. The third-order valence-corrected chi connectivity index (χ3v) is 4.66. The molecule has 1 aromatic carbocycles. The summed E-state index contributed by atoms with van der Waals surface area (Å²) in [5.74, 6) is 2.22. The van der Waals surface area contributed by atoms with Crippen molar-refractivity contribution in [3.05, 3.63) is 48.4 Å². The van der Waals surface area contributed by atoms with E-state index in [1.54, 1.807) is 26.5 Å². The van der Waals surface area contributed by atoms with Gasteiger partial charge in [-0.25, -0.2) is 0 Å². The van der Waals surface area contributed by atoms with Gasteiger partial charge in [0.1, 0.15) is 11.5 Å². The first-order chi connectivity index (χ1) is 13.7. The molecule has 1 saturated heterocycles. The predicted octanol–water partition coefficient (Wildman–Crippen LogP) is 1.30. The summed E-state index contributed by atoms with van der Waals surface area (Å²) in [6, 6.07) is 11.7. The molecule has 2 heterocycles. The molecular weight excluding hydrogens is 358 g/mol. The van der Waals surface area contributed by atoms with E-state index in [2.05, 4.69) is 31.5 Å². The molecule has 0 saturated carbocycles. The van der Waals surface area contributed by atoms with Crippen molar-refractivity contribution >= 4 is 17.6 Å². The topological polar surface area (TPSA) is 82.3 Å². The summed E-state index contributed by atoms with van der Waals surface area (Å²) in [5.41, 5.74) is 1.15. The first-order valence-corrected chi connectivity index (χ1v) is 9.33. The predicted molar refractivity (Wildman–Crippen MR) is 109 cm³/mol. The van der Waals surface area contributed by atoms with Gasteiger partial charge in [-0.15, -0.1) is 0 Å². The molecule has 2 N–H and O–H groups in total. The Balaban J connectivity index is 1.44. The van der Waals surface area contributed by atoms with Crippen LogP contribution in [0.25, 0.3) is 0 Å².